The quantitative estimate of drug-likeness (QED) is 0.415. The molecule has 0 radical (unpaired) electrons. The summed E-state index contributed by atoms with van der Waals surface area (Å²) >= 11 is 1.78. The molecule has 0 N–H and O–H groups in total. The highest BCUT2D eigenvalue weighted by Crippen LogP contribution is 2.40. The van der Waals surface area contributed by atoms with Gasteiger partial charge in [0.05, 0.1) is 13.2 Å². The van der Waals surface area contributed by atoms with Gasteiger partial charge in [0.2, 0.25) is 0 Å². The van der Waals surface area contributed by atoms with E-state index in [0.29, 0.717) is 18.6 Å². The third kappa shape index (κ3) is 6.18. The van der Waals surface area contributed by atoms with Gasteiger partial charge < -0.3 is 14.2 Å². The Balaban J connectivity index is 1.60. The molecule has 0 saturated carbocycles. The Morgan fingerprint density at radius 1 is 1.07 bits per heavy atom. The molecule has 1 heterocycles. The number of ether oxygens (including phenoxy) is 3. The third-order valence-corrected chi connectivity index (χ3v) is 6.30. The number of methoxy groups -OCH3 is 1. The maximum atomic E-state index is 6.35. The molecule has 1 aliphatic heterocycles. The molecule has 152 valence electrons. The van der Waals surface area contributed by atoms with Crippen LogP contribution in [-0.4, -0.2) is 18.6 Å². The predicted molar refractivity (Wildman–Crippen MR) is 116 cm³/mol. The van der Waals surface area contributed by atoms with Gasteiger partial charge in [-0.25, -0.2) is 0 Å². The number of hydrogen-bond acceptors (Lipinski definition) is 4. The summed E-state index contributed by atoms with van der Waals surface area (Å²) in [6.45, 7) is 5.11. The van der Waals surface area contributed by atoms with E-state index < -0.39 is 0 Å². The van der Waals surface area contributed by atoms with Crippen LogP contribution in [0, 0.1) is 5.92 Å². The molecule has 3 rings (SSSR count). The van der Waals surface area contributed by atoms with Gasteiger partial charge in [0.25, 0.3) is 0 Å². The Labute approximate surface area is 173 Å². The fourth-order valence-corrected chi connectivity index (χ4v) is 4.84. The lowest BCUT2D eigenvalue weighted by Crippen LogP contribution is -2.13. The molecular formula is C24H32O3S. The van der Waals surface area contributed by atoms with Crippen molar-refractivity contribution in [1.82, 2.24) is 0 Å². The van der Waals surface area contributed by atoms with Gasteiger partial charge in [-0.1, -0.05) is 75.2 Å². The van der Waals surface area contributed by atoms with Gasteiger partial charge >= 0.3 is 0 Å². The van der Waals surface area contributed by atoms with Crippen LogP contribution in [0.1, 0.15) is 51.5 Å². The highest BCUT2D eigenvalue weighted by molar-refractivity contribution is 7.99. The van der Waals surface area contributed by atoms with Crippen molar-refractivity contribution < 1.29 is 14.2 Å². The summed E-state index contributed by atoms with van der Waals surface area (Å²) in [4.78, 5) is 1.13. The molecule has 4 heteroatoms. The zero-order valence-electron chi connectivity index (χ0n) is 17.2. The van der Waals surface area contributed by atoms with E-state index in [2.05, 4.69) is 38.1 Å². The number of benzene rings is 2. The molecule has 3 atom stereocenters. The molecule has 0 aliphatic carbocycles. The van der Waals surface area contributed by atoms with E-state index in [9.17, 15) is 0 Å². The molecule has 1 fully saturated rings. The van der Waals surface area contributed by atoms with Crippen molar-refractivity contribution in [3.05, 3.63) is 54.1 Å². The minimum Gasteiger partial charge on any atom is -0.497 e. The maximum Gasteiger partial charge on any atom is 0.124 e. The van der Waals surface area contributed by atoms with Crippen molar-refractivity contribution in [2.24, 2.45) is 5.92 Å². The summed E-state index contributed by atoms with van der Waals surface area (Å²) in [5.74, 6) is 2.27. The average Bonchev–Trinajstić information content (AvgIpc) is 3.06. The molecule has 0 amide bonds. The minimum absolute atomic E-state index is 0.204. The first-order valence-corrected chi connectivity index (χ1v) is 11.2. The van der Waals surface area contributed by atoms with E-state index in [1.165, 1.54) is 25.7 Å². The Kier molecular flexibility index (Phi) is 8.11. The normalized spacial score (nSPS) is 21.6. The SMILES string of the molecule is CCCCCC1OC(Sc2cc(OC)cc(OCc3ccccc3)c2)C[C@H]1C. The van der Waals surface area contributed by atoms with Crippen LogP contribution < -0.4 is 9.47 Å². The summed E-state index contributed by atoms with van der Waals surface area (Å²) in [5, 5.41) is 0. The summed E-state index contributed by atoms with van der Waals surface area (Å²) in [6.07, 6.45) is 6.48. The van der Waals surface area contributed by atoms with Gasteiger partial charge in [0.15, 0.2) is 0 Å². The van der Waals surface area contributed by atoms with Crippen LogP contribution in [0.3, 0.4) is 0 Å². The maximum absolute atomic E-state index is 6.35. The van der Waals surface area contributed by atoms with Crippen molar-refractivity contribution in [1.29, 1.82) is 0 Å². The smallest absolute Gasteiger partial charge is 0.124 e. The molecule has 2 unspecified atom stereocenters. The van der Waals surface area contributed by atoms with Crippen LogP contribution >= 0.6 is 11.8 Å². The zero-order chi connectivity index (χ0) is 19.8. The lowest BCUT2D eigenvalue weighted by molar-refractivity contribution is 0.0697. The topological polar surface area (TPSA) is 27.7 Å². The van der Waals surface area contributed by atoms with Gasteiger partial charge in [0.1, 0.15) is 23.5 Å². The fraction of sp³-hybridized carbons (Fsp3) is 0.500. The van der Waals surface area contributed by atoms with E-state index in [0.717, 1.165) is 28.4 Å². The minimum atomic E-state index is 0.204. The Hall–Kier alpha value is -1.65. The molecule has 2 aromatic carbocycles. The van der Waals surface area contributed by atoms with Crippen molar-refractivity contribution in [2.75, 3.05) is 7.11 Å². The standard InChI is InChI=1S/C24H32O3S/c1-4-5-7-12-23-18(2)13-24(27-23)28-22-15-20(25-3)14-21(16-22)26-17-19-10-8-6-9-11-19/h6,8-11,14-16,18,23-24H,4-5,7,12-13,17H2,1-3H3/t18-,23?,24?/m1/s1. The van der Waals surface area contributed by atoms with Crippen molar-refractivity contribution in [2.45, 2.75) is 69.0 Å². The second-order valence-electron chi connectivity index (χ2n) is 7.55. The highest BCUT2D eigenvalue weighted by atomic mass is 32.2. The molecule has 0 spiro atoms. The monoisotopic (exact) mass is 400 g/mol. The number of thioether (sulfide) groups is 1. The Morgan fingerprint density at radius 2 is 1.86 bits per heavy atom. The van der Waals surface area contributed by atoms with Gasteiger partial charge in [-0.05, 0) is 36.5 Å². The Bertz CT molecular complexity index is 719. The molecule has 2 aromatic rings. The van der Waals surface area contributed by atoms with Crippen LogP contribution in [0.2, 0.25) is 0 Å². The second kappa shape index (κ2) is 10.8. The summed E-state index contributed by atoms with van der Waals surface area (Å²) in [6, 6.07) is 16.3. The van der Waals surface area contributed by atoms with Gasteiger partial charge in [0, 0.05) is 11.0 Å². The van der Waals surface area contributed by atoms with Gasteiger partial charge in [-0.15, -0.1) is 0 Å². The van der Waals surface area contributed by atoms with Crippen molar-refractivity contribution >= 4 is 11.8 Å². The van der Waals surface area contributed by atoms with E-state index in [1.807, 2.05) is 24.3 Å². The molecule has 1 saturated heterocycles. The van der Waals surface area contributed by atoms with Crippen LogP contribution in [-0.2, 0) is 11.3 Å². The van der Waals surface area contributed by atoms with Crippen molar-refractivity contribution in [3.63, 3.8) is 0 Å². The first kappa shape index (κ1) is 21.1. The molecule has 1 aliphatic rings. The summed E-state index contributed by atoms with van der Waals surface area (Å²) < 4.78 is 17.8. The number of rotatable bonds is 10. The summed E-state index contributed by atoms with van der Waals surface area (Å²) in [5.41, 5.74) is 1.36. The van der Waals surface area contributed by atoms with E-state index in [-0.39, 0.29) is 5.44 Å². The molecule has 28 heavy (non-hydrogen) atoms. The van der Waals surface area contributed by atoms with Crippen LogP contribution in [0.25, 0.3) is 0 Å². The van der Waals surface area contributed by atoms with E-state index >= 15 is 0 Å². The lowest BCUT2D eigenvalue weighted by Gasteiger charge is -2.16. The first-order chi connectivity index (χ1) is 13.7. The van der Waals surface area contributed by atoms with E-state index in [1.54, 1.807) is 18.9 Å². The van der Waals surface area contributed by atoms with Crippen LogP contribution in [0.15, 0.2) is 53.4 Å². The predicted octanol–water partition coefficient (Wildman–Crippen LogP) is 6.70. The fourth-order valence-electron chi connectivity index (χ4n) is 3.57. The summed E-state index contributed by atoms with van der Waals surface area (Å²) in [7, 11) is 1.70. The number of hydrogen-bond donors (Lipinski definition) is 0. The number of unbranched alkanes of at least 4 members (excludes halogenated alkanes) is 2. The zero-order valence-corrected chi connectivity index (χ0v) is 18.0. The van der Waals surface area contributed by atoms with Gasteiger partial charge in [-0.3, -0.25) is 0 Å². The molecule has 0 bridgehead atoms. The van der Waals surface area contributed by atoms with Crippen molar-refractivity contribution in [3.8, 4) is 11.5 Å². The highest BCUT2D eigenvalue weighted by Gasteiger charge is 2.32. The van der Waals surface area contributed by atoms with Gasteiger partial charge in [-0.2, -0.15) is 0 Å². The molecular weight excluding hydrogens is 368 g/mol. The average molecular weight is 401 g/mol. The second-order valence-corrected chi connectivity index (χ2v) is 8.78. The van der Waals surface area contributed by atoms with Crippen LogP contribution in [0.5, 0.6) is 11.5 Å². The van der Waals surface area contributed by atoms with Crippen LogP contribution in [0.4, 0.5) is 0 Å². The third-order valence-electron chi connectivity index (χ3n) is 5.22. The molecule has 3 nitrogen and oxygen atoms in total. The largest absolute Gasteiger partial charge is 0.497 e. The Morgan fingerprint density at radius 3 is 2.61 bits per heavy atom. The molecule has 0 aromatic heterocycles. The van der Waals surface area contributed by atoms with E-state index in [4.69, 9.17) is 14.2 Å². The first-order valence-electron chi connectivity index (χ1n) is 10.4. The lowest BCUT2D eigenvalue weighted by atomic mass is 9.99.